The van der Waals surface area contributed by atoms with Crippen molar-refractivity contribution in [2.45, 2.75) is 73.6 Å². The van der Waals surface area contributed by atoms with Gasteiger partial charge in [0.1, 0.15) is 0 Å². The second kappa shape index (κ2) is 7.03. The number of unbranched alkanes of at least 4 members (excludes halogenated alkanes) is 2. The van der Waals surface area contributed by atoms with Gasteiger partial charge in [0.05, 0.1) is 0 Å². The molecule has 1 amide bonds. The molecule has 0 aromatic rings. The summed E-state index contributed by atoms with van der Waals surface area (Å²) < 4.78 is 0. The van der Waals surface area contributed by atoms with E-state index in [2.05, 4.69) is 46.9 Å². The van der Waals surface area contributed by atoms with Gasteiger partial charge in [-0.15, -0.1) is 0 Å². The Morgan fingerprint density at radius 3 is 1.94 bits per heavy atom. The minimum Gasteiger partial charge on any atom is -0.356 e. The van der Waals surface area contributed by atoms with Crippen LogP contribution in [0.3, 0.4) is 0 Å². The van der Waals surface area contributed by atoms with Gasteiger partial charge in [-0.05, 0) is 23.7 Å². The summed E-state index contributed by atoms with van der Waals surface area (Å²) in [4.78, 5) is 11.5. The molecule has 0 spiro atoms. The first-order chi connectivity index (χ1) is 7.60. The first kappa shape index (κ1) is 16.5. The normalized spacial score (nSPS) is 12.6. The summed E-state index contributed by atoms with van der Waals surface area (Å²) in [6.45, 7) is 14.0. The monoisotopic (exact) mass is 241 g/mol. The third-order valence-electron chi connectivity index (χ3n) is 2.65. The Labute approximate surface area is 108 Å². The van der Waals surface area contributed by atoms with Crippen molar-refractivity contribution >= 4 is 5.91 Å². The van der Waals surface area contributed by atoms with Gasteiger partial charge in [-0.25, -0.2) is 0 Å². The summed E-state index contributed by atoms with van der Waals surface area (Å²) >= 11 is 0. The molecule has 17 heavy (non-hydrogen) atoms. The number of carbonyl (C=O) groups excluding carboxylic acids is 1. The van der Waals surface area contributed by atoms with Crippen LogP contribution in [0.15, 0.2) is 0 Å². The van der Waals surface area contributed by atoms with E-state index in [0.717, 1.165) is 13.0 Å². The number of hydrogen-bond acceptors (Lipinski definition) is 1. The Morgan fingerprint density at radius 2 is 1.47 bits per heavy atom. The maximum absolute atomic E-state index is 11.5. The van der Waals surface area contributed by atoms with Crippen LogP contribution < -0.4 is 5.32 Å². The zero-order valence-corrected chi connectivity index (χ0v) is 12.7. The molecule has 0 aromatic heterocycles. The van der Waals surface area contributed by atoms with Crippen molar-refractivity contribution < 1.29 is 4.79 Å². The molecule has 0 fully saturated rings. The maximum Gasteiger partial charge on any atom is 0.220 e. The highest BCUT2D eigenvalue weighted by Gasteiger charge is 2.12. The third-order valence-corrected chi connectivity index (χ3v) is 2.65. The van der Waals surface area contributed by atoms with Gasteiger partial charge in [0.2, 0.25) is 5.91 Å². The lowest BCUT2D eigenvalue weighted by molar-refractivity contribution is -0.121. The fourth-order valence-corrected chi connectivity index (χ4v) is 1.57. The first-order valence-corrected chi connectivity index (χ1v) is 6.87. The average molecular weight is 241 g/mol. The molecule has 0 saturated heterocycles. The van der Waals surface area contributed by atoms with Crippen LogP contribution in [0.1, 0.15) is 73.6 Å². The van der Waals surface area contributed by atoms with Crippen LogP contribution in [0.4, 0.5) is 0 Å². The van der Waals surface area contributed by atoms with E-state index >= 15 is 0 Å². The average Bonchev–Trinajstić information content (AvgIpc) is 2.11. The molecule has 0 aromatic carbocycles. The van der Waals surface area contributed by atoms with E-state index in [1.807, 2.05) is 0 Å². The van der Waals surface area contributed by atoms with Crippen molar-refractivity contribution in [1.29, 1.82) is 0 Å². The predicted molar refractivity (Wildman–Crippen MR) is 75.0 cm³/mol. The smallest absolute Gasteiger partial charge is 0.220 e. The molecule has 0 saturated carbocycles. The van der Waals surface area contributed by atoms with Crippen LogP contribution in [0, 0.1) is 10.8 Å². The summed E-state index contributed by atoms with van der Waals surface area (Å²) in [6, 6.07) is 0. The first-order valence-electron chi connectivity index (χ1n) is 6.87. The van der Waals surface area contributed by atoms with Gasteiger partial charge in [-0.2, -0.15) is 0 Å². The molecule has 0 heterocycles. The lowest BCUT2D eigenvalue weighted by atomic mass is 9.89. The largest absolute Gasteiger partial charge is 0.356 e. The van der Waals surface area contributed by atoms with Gasteiger partial charge in [0, 0.05) is 13.0 Å². The number of amides is 1. The third kappa shape index (κ3) is 13.4. The molecule has 0 unspecified atom stereocenters. The molecule has 0 radical (unpaired) electrons. The van der Waals surface area contributed by atoms with E-state index in [1.54, 1.807) is 0 Å². The van der Waals surface area contributed by atoms with Gasteiger partial charge < -0.3 is 5.32 Å². The van der Waals surface area contributed by atoms with Crippen molar-refractivity contribution in [2.24, 2.45) is 10.8 Å². The van der Waals surface area contributed by atoms with Crippen molar-refractivity contribution in [2.75, 3.05) is 6.54 Å². The lowest BCUT2D eigenvalue weighted by Gasteiger charge is -2.19. The van der Waals surface area contributed by atoms with Gasteiger partial charge in [-0.3, -0.25) is 4.79 Å². The maximum atomic E-state index is 11.5. The van der Waals surface area contributed by atoms with Gasteiger partial charge in [0.25, 0.3) is 0 Å². The Bertz CT molecular complexity index is 220. The number of nitrogens with one attached hydrogen (secondary N) is 1. The Kier molecular flexibility index (Phi) is 6.81. The standard InChI is InChI=1S/C15H31NO/c1-14(2,3)11-9-7-8-10-13(17)16-12-15(4,5)6/h7-12H2,1-6H3,(H,16,17). The summed E-state index contributed by atoms with van der Waals surface area (Å²) in [6.07, 6.45) is 5.35. The lowest BCUT2D eigenvalue weighted by Crippen LogP contribution is -2.32. The van der Waals surface area contributed by atoms with Crippen LogP contribution in [0.5, 0.6) is 0 Å². The zero-order chi connectivity index (χ0) is 13.5. The number of rotatable bonds is 6. The summed E-state index contributed by atoms with van der Waals surface area (Å²) in [5, 5.41) is 2.99. The van der Waals surface area contributed by atoms with Crippen molar-refractivity contribution in [3.8, 4) is 0 Å². The van der Waals surface area contributed by atoms with E-state index < -0.39 is 0 Å². The van der Waals surface area contributed by atoms with Gasteiger partial charge >= 0.3 is 0 Å². The molecule has 0 bridgehead atoms. The molecule has 1 N–H and O–H groups in total. The van der Waals surface area contributed by atoms with Gasteiger partial charge in [0.15, 0.2) is 0 Å². The minimum absolute atomic E-state index is 0.182. The molecule has 102 valence electrons. The van der Waals surface area contributed by atoms with E-state index in [0.29, 0.717) is 11.8 Å². The van der Waals surface area contributed by atoms with Crippen LogP contribution in [-0.2, 0) is 4.79 Å². The van der Waals surface area contributed by atoms with E-state index in [-0.39, 0.29) is 11.3 Å². The van der Waals surface area contributed by atoms with Crippen molar-refractivity contribution in [3.05, 3.63) is 0 Å². The van der Waals surface area contributed by atoms with E-state index in [1.165, 1.54) is 19.3 Å². The summed E-state index contributed by atoms with van der Waals surface area (Å²) in [7, 11) is 0. The molecule has 0 aliphatic rings. The summed E-state index contributed by atoms with van der Waals surface area (Å²) in [5.41, 5.74) is 0.608. The predicted octanol–water partition coefficient (Wildman–Crippen LogP) is 4.15. The Morgan fingerprint density at radius 1 is 0.882 bits per heavy atom. The molecule has 2 nitrogen and oxygen atoms in total. The highest BCUT2D eigenvalue weighted by Crippen LogP contribution is 2.22. The highest BCUT2D eigenvalue weighted by atomic mass is 16.1. The highest BCUT2D eigenvalue weighted by molar-refractivity contribution is 5.75. The molecular formula is C15H31NO. The number of hydrogen-bond donors (Lipinski definition) is 1. The minimum atomic E-state index is 0.182. The Balaban J connectivity index is 3.47. The quantitative estimate of drug-likeness (QED) is 0.696. The fourth-order valence-electron chi connectivity index (χ4n) is 1.57. The summed E-state index contributed by atoms with van der Waals surface area (Å²) in [5.74, 6) is 0.204. The molecule has 0 aliphatic carbocycles. The SMILES string of the molecule is CC(C)(C)CCCCCC(=O)NCC(C)(C)C. The molecule has 0 rings (SSSR count). The van der Waals surface area contributed by atoms with E-state index in [9.17, 15) is 4.79 Å². The van der Waals surface area contributed by atoms with Crippen molar-refractivity contribution in [1.82, 2.24) is 5.32 Å². The zero-order valence-electron chi connectivity index (χ0n) is 12.7. The van der Waals surface area contributed by atoms with Crippen LogP contribution in [-0.4, -0.2) is 12.5 Å². The second-order valence-electron chi connectivity index (χ2n) is 7.46. The molecule has 2 heteroatoms. The second-order valence-corrected chi connectivity index (χ2v) is 7.46. The Hall–Kier alpha value is -0.530. The molecule has 0 aliphatic heterocycles. The number of carbonyl (C=O) groups is 1. The topological polar surface area (TPSA) is 29.1 Å². The van der Waals surface area contributed by atoms with Gasteiger partial charge in [-0.1, -0.05) is 54.4 Å². The molecular weight excluding hydrogens is 210 g/mol. The molecule has 0 atom stereocenters. The van der Waals surface area contributed by atoms with E-state index in [4.69, 9.17) is 0 Å². The van der Waals surface area contributed by atoms with Crippen LogP contribution in [0.25, 0.3) is 0 Å². The van der Waals surface area contributed by atoms with Crippen molar-refractivity contribution in [3.63, 3.8) is 0 Å². The van der Waals surface area contributed by atoms with Crippen LogP contribution in [0.2, 0.25) is 0 Å². The fraction of sp³-hybridized carbons (Fsp3) is 0.933. The van der Waals surface area contributed by atoms with Crippen LogP contribution >= 0.6 is 0 Å².